The highest BCUT2D eigenvalue weighted by Crippen LogP contribution is 2.30. The fourth-order valence-corrected chi connectivity index (χ4v) is 3.12. The van der Waals surface area contributed by atoms with E-state index in [1.54, 1.807) is 13.4 Å². The van der Waals surface area contributed by atoms with Crippen LogP contribution in [0, 0.1) is 0 Å². The van der Waals surface area contributed by atoms with Gasteiger partial charge in [0.15, 0.2) is 11.3 Å². The zero-order chi connectivity index (χ0) is 17.1. The molecule has 3 rings (SSSR count). The second kappa shape index (κ2) is 7.20. The van der Waals surface area contributed by atoms with Crippen molar-refractivity contribution in [2.75, 3.05) is 13.4 Å². The molecule has 1 heterocycles. The highest BCUT2D eigenvalue weighted by molar-refractivity contribution is 7.84. The number of para-hydroxylation sites is 1. The summed E-state index contributed by atoms with van der Waals surface area (Å²) < 4.78 is 22.7. The molecule has 0 saturated carbocycles. The van der Waals surface area contributed by atoms with Crippen molar-refractivity contribution in [1.29, 1.82) is 0 Å². The summed E-state index contributed by atoms with van der Waals surface area (Å²) in [5.74, 6) is 1.62. The minimum absolute atomic E-state index is 0.0714. The first-order valence-electron chi connectivity index (χ1n) is 7.80. The number of hydrogen-bond acceptors (Lipinski definition) is 4. The number of rotatable bonds is 6. The summed E-state index contributed by atoms with van der Waals surface area (Å²) in [6, 6.07) is 15.8. The zero-order valence-corrected chi connectivity index (χ0v) is 14.9. The van der Waals surface area contributed by atoms with Gasteiger partial charge in [-0.15, -0.1) is 0 Å². The molecule has 2 atom stereocenters. The molecule has 0 amide bonds. The summed E-state index contributed by atoms with van der Waals surface area (Å²) in [5.41, 5.74) is 1.92. The maximum Gasteiger partial charge on any atom is 0.176 e. The lowest BCUT2D eigenvalue weighted by Gasteiger charge is -2.11. The maximum absolute atomic E-state index is 11.4. The van der Waals surface area contributed by atoms with E-state index in [0.717, 1.165) is 32.9 Å². The molecular formula is C19H21NO3S. The van der Waals surface area contributed by atoms with Crippen molar-refractivity contribution in [3.63, 3.8) is 0 Å². The molecule has 0 aliphatic carbocycles. The average Bonchev–Trinajstić information content (AvgIpc) is 3.04. The van der Waals surface area contributed by atoms with Gasteiger partial charge in [-0.3, -0.25) is 4.21 Å². The lowest BCUT2D eigenvalue weighted by molar-refractivity contribution is 0.399. The van der Waals surface area contributed by atoms with Crippen LogP contribution < -0.4 is 10.1 Å². The smallest absolute Gasteiger partial charge is 0.176 e. The molecule has 1 N–H and O–H groups in total. The molecule has 1 aromatic heterocycles. The van der Waals surface area contributed by atoms with Gasteiger partial charge in [-0.05, 0) is 36.8 Å². The van der Waals surface area contributed by atoms with Gasteiger partial charge in [0, 0.05) is 33.9 Å². The first kappa shape index (κ1) is 16.7. The third kappa shape index (κ3) is 3.52. The van der Waals surface area contributed by atoms with Crippen molar-refractivity contribution < 1.29 is 13.4 Å². The van der Waals surface area contributed by atoms with Crippen LogP contribution >= 0.6 is 0 Å². The van der Waals surface area contributed by atoms with E-state index >= 15 is 0 Å². The Kier molecular flexibility index (Phi) is 5.02. The molecule has 5 heteroatoms. The fraction of sp³-hybridized carbons (Fsp3) is 0.263. The van der Waals surface area contributed by atoms with Gasteiger partial charge in [-0.2, -0.15) is 0 Å². The van der Waals surface area contributed by atoms with Crippen LogP contribution in [0.1, 0.15) is 24.3 Å². The van der Waals surface area contributed by atoms with Gasteiger partial charge in [0.1, 0.15) is 5.76 Å². The van der Waals surface area contributed by atoms with Gasteiger partial charge in [0.05, 0.1) is 13.2 Å². The summed E-state index contributed by atoms with van der Waals surface area (Å²) in [6.07, 6.45) is 1.69. The summed E-state index contributed by atoms with van der Waals surface area (Å²) in [5, 5.41) is 4.49. The molecule has 0 aliphatic rings. The van der Waals surface area contributed by atoms with Crippen LogP contribution in [0.2, 0.25) is 0 Å². The molecule has 0 bridgehead atoms. The molecule has 2 unspecified atom stereocenters. The van der Waals surface area contributed by atoms with Crippen molar-refractivity contribution in [1.82, 2.24) is 5.32 Å². The highest BCUT2D eigenvalue weighted by Gasteiger charge is 2.13. The van der Waals surface area contributed by atoms with Crippen molar-refractivity contribution in [2.24, 2.45) is 0 Å². The summed E-state index contributed by atoms with van der Waals surface area (Å²) in [6.45, 7) is 2.78. The van der Waals surface area contributed by atoms with Crippen LogP contribution in [0.15, 0.2) is 57.8 Å². The predicted octanol–water partition coefficient (Wildman–Crippen LogP) is 4.03. The van der Waals surface area contributed by atoms with Gasteiger partial charge >= 0.3 is 0 Å². The van der Waals surface area contributed by atoms with Gasteiger partial charge in [-0.1, -0.05) is 24.3 Å². The van der Waals surface area contributed by atoms with E-state index in [1.807, 2.05) is 48.5 Å². The van der Waals surface area contributed by atoms with E-state index in [-0.39, 0.29) is 6.04 Å². The number of hydrogen-bond donors (Lipinski definition) is 1. The third-order valence-corrected chi connectivity index (χ3v) is 4.98. The molecule has 0 saturated heterocycles. The van der Waals surface area contributed by atoms with E-state index in [0.29, 0.717) is 6.54 Å². The lowest BCUT2D eigenvalue weighted by atomic mass is 10.2. The van der Waals surface area contributed by atoms with Crippen LogP contribution in [0.25, 0.3) is 11.0 Å². The standard InChI is InChI=1S/C19H21NO3S/c1-13(20-12-14-7-9-16(10-8-14)24(3)21)18-11-15-5-4-6-17(22-2)19(15)23-18/h4-11,13,20H,12H2,1-3H3. The monoisotopic (exact) mass is 343 g/mol. The largest absolute Gasteiger partial charge is 0.493 e. The van der Waals surface area contributed by atoms with E-state index in [1.165, 1.54) is 0 Å². The van der Waals surface area contributed by atoms with E-state index < -0.39 is 10.8 Å². The second-order valence-electron chi connectivity index (χ2n) is 5.73. The minimum atomic E-state index is -0.939. The number of ether oxygens (including phenoxy) is 1. The Bertz CT molecular complexity index is 855. The van der Waals surface area contributed by atoms with Crippen molar-refractivity contribution in [2.45, 2.75) is 24.4 Å². The van der Waals surface area contributed by atoms with Crippen LogP contribution in [-0.2, 0) is 17.3 Å². The zero-order valence-electron chi connectivity index (χ0n) is 14.0. The van der Waals surface area contributed by atoms with Crippen LogP contribution in [0.3, 0.4) is 0 Å². The number of methoxy groups -OCH3 is 1. The van der Waals surface area contributed by atoms with E-state index in [9.17, 15) is 4.21 Å². The summed E-state index contributed by atoms with van der Waals surface area (Å²) in [7, 11) is 0.705. The van der Waals surface area contributed by atoms with Crippen LogP contribution in [0.5, 0.6) is 5.75 Å². The van der Waals surface area contributed by atoms with Crippen molar-refractivity contribution in [3.05, 3.63) is 59.9 Å². The normalized spacial score (nSPS) is 13.8. The Morgan fingerprint density at radius 1 is 1.21 bits per heavy atom. The van der Waals surface area contributed by atoms with Crippen LogP contribution in [-0.4, -0.2) is 17.6 Å². The minimum Gasteiger partial charge on any atom is -0.493 e. The molecule has 24 heavy (non-hydrogen) atoms. The van der Waals surface area contributed by atoms with Gasteiger partial charge in [0.25, 0.3) is 0 Å². The molecule has 2 aromatic carbocycles. The highest BCUT2D eigenvalue weighted by atomic mass is 32.2. The number of fused-ring (bicyclic) bond motifs is 1. The van der Waals surface area contributed by atoms with Gasteiger partial charge < -0.3 is 14.5 Å². The first-order valence-corrected chi connectivity index (χ1v) is 9.36. The lowest BCUT2D eigenvalue weighted by Crippen LogP contribution is -2.17. The summed E-state index contributed by atoms with van der Waals surface area (Å²) >= 11 is 0. The first-order chi connectivity index (χ1) is 11.6. The predicted molar refractivity (Wildman–Crippen MR) is 96.8 cm³/mol. The number of nitrogens with one attached hydrogen (secondary N) is 1. The maximum atomic E-state index is 11.4. The Labute approximate surface area is 144 Å². The molecule has 0 fully saturated rings. The number of benzene rings is 2. The third-order valence-electron chi connectivity index (χ3n) is 4.04. The van der Waals surface area contributed by atoms with Gasteiger partial charge in [0.2, 0.25) is 0 Å². The topological polar surface area (TPSA) is 51.5 Å². The summed E-state index contributed by atoms with van der Waals surface area (Å²) in [4.78, 5) is 0.844. The molecule has 126 valence electrons. The van der Waals surface area contributed by atoms with Crippen molar-refractivity contribution in [3.8, 4) is 5.75 Å². The van der Waals surface area contributed by atoms with Crippen LogP contribution in [0.4, 0.5) is 0 Å². The molecule has 0 spiro atoms. The van der Waals surface area contributed by atoms with E-state index in [4.69, 9.17) is 9.15 Å². The quantitative estimate of drug-likeness (QED) is 0.734. The molecule has 3 aromatic rings. The number of furan rings is 1. The van der Waals surface area contributed by atoms with Gasteiger partial charge in [-0.25, -0.2) is 0 Å². The molecular weight excluding hydrogens is 322 g/mol. The fourth-order valence-electron chi connectivity index (χ4n) is 2.60. The van der Waals surface area contributed by atoms with Crippen molar-refractivity contribution >= 4 is 21.8 Å². The second-order valence-corrected chi connectivity index (χ2v) is 7.11. The Morgan fingerprint density at radius 3 is 2.62 bits per heavy atom. The Morgan fingerprint density at radius 2 is 1.96 bits per heavy atom. The van der Waals surface area contributed by atoms with E-state index in [2.05, 4.69) is 12.2 Å². The molecule has 0 radical (unpaired) electrons. The average molecular weight is 343 g/mol. The Balaban J connectivity index is 1.70. The molecule has 4 nitrogen and oxygen atoms in total. The SMILES string of the molecule is COc1cccc2cc(C(C)NCc3ccc(S(C)=O)cc3)oc12. The molecule has 0 aliphatic heterocycles. The Hall–Kier alpha value is -2.11.